The van der Waals surface area contributed by atoms with Crippen LogP contribution in [0.2, 0.25) is 0 Å². The first kappa shape index (κ1) is 36.6. The molecule has 1 atom stereocenters. The molecule has 2 aromatic rings. The van der Waals surface area contributed by atoms with Gasteiger partial charge in [0.1, 0.15) is 4.90 Å². The van der Waals surface area contributed by atoms with E-state index < -0.39 is 10.1 Å². The molecular weight excluding hydrogens is 516 g/mol. The Morgan fingerprint density at radius 3 is 1.70 bits per heavy atom. The zero-order valence-electron chi connectivity index (χ0n) is 26.1. The van der Waals surface area contributed by atoms with Crippen LogP contribution in [0.4, 0.5) is 0 Å². The molecule has 1 unspecified atom stereocenters. The lowest BCUT2D eigenvalue weighted by atomic mass is 9.93. The SMILES string of the molecule is CCCC(C)C(N)N.CCCCCCCCCc1cc2ccccc2c(S(=O)(=O)O)c1CCCCCCCCC. The molecule has 0 radical (unpaired) electrons. The predicted molar refractivity (Wildman–Crippen MR) is 173 cm³/mol. The number of nitrogens with two attached hydrogens (primary N) is 2. The predicted octanol–water partition coefficient (Wildman–Crippen LogP) is 9.34. The number of aryl methyl sites for hydroxylation is 1. The lowest BCUT2D eigenvalue weighted by Crippen LogP contribution is -2.37. The van der Waals surface area contributed by atoms with Gasteiger partial charge in [-0.05, 0) is 54.5 Å². The Balaban J connectivity index is 0.000000869. The molecule has 0 saturated carbocycles. The lowest BCUT2D eigenvalue weighted by molar-refractivity contribution is 0.432. The summed E-state index contributed by atoms with van der Waals surface area (Å²) >= 11 is 0. The number of unbranched alkanes of at least 4 members (excludes halogenated alkanes) is 12. The molecule has 0 aliphatic heterocycles. The molecule has 0 bridgehead atoms. The summed E-state index contributed by atoms with van der Waals surface area (Å²) in [6.45, 7) is 8.68. The third-order valence-corrected chi connectivity index (χ3v) is 8.92. The minimum atomic E-state index is -4.28. The fraction of sp³-hybridized carbons (Fsp3) is 0.706. The number of hydrogen-bond acceptors (Lipinski definition) is 4. The van der Waals surface area contributed by atoms with E-state index in [0.29, 0.717) is 11.3 Å². The maximum absolute atomic E-state index is 12.5. The van der Waals surface area contributed by atoms with Crippen LogP contribution in [0, 0.1) is 5.92 Å². The fourth-order valence-electron chi connectivity index (χ4n) is 5.38. The first-order chi connectivity index (χ1) is 19.2. The van der Waals surface area contributed by atoms with E-state index in [1.54, 1.807) is 0 Å². The van der Waals surface area contributed by atoms with Crippen molar-refractivity contribution in [2.24, 2.45) is 17.4 Å². The zero-order chi connectivity index (χ0) is 29.8. The lowest BCUT2D eigenvalue weighted by Gasteiger charge is -2.17. The summed E-state index contributed by atoms with van der Waals surface area (Å²) < 4.78 is 35.1. The van der Waals surface area contributed by atoms with Gasteiger partial charge in [-0.1, -0.05) is 141 Å². The average Bonchev–Trinajstić information content (AvgIpc) is 2.91. The summed E-state index contributed by atoms with van der Waals surface area (Å²) in [7, 11) is -4.28. The van der Waals surface area contributed by atoms with Gasteiger partial charge in [0.05, 0.1) is 6.17 Å². The number of fused-ring (bicyclic) bond motifs is 1. The summed E-state index contributed by atoms with van der Waals surface area (Å²) in [4.78, 5) is 0.152. The van der Waals surface area contributed by atoms with Crippen molar-refractivity contribution in [2.75, 3.05) is 0 Å². The second-order valence-corrected chi connectivity index (χ2v) is 13.0. The van der Waals surface area contributed by atoms with E-state index in [1.165, 1.54) is 77.0 Å². The van der Waals surface area contributed by atoms with Crippen molar-refractivity contribution in [3.63, 3.8) is 0 Å². The molecule has 0 aromatic heterocycles. The topological polar surface area (TPSA) is 106 Å². The first-order valence-corrected chi connectivity index (χ1v) is 17.6. The summed E-state index contributed by atoms with van der Waals surface area (Å²) in [5.41, 5.74) is 12.8. The quantitative estimate of drug-likeness (QED) is 0.0827. The molecule has 5 nitrogen and oxygen atoms in total. The summed E-state index contributed by atoms with van der Waals surface area (Å²) in [6.07, 6.45) is 20.8. The Labute approximate surface area is 246 Å². The van der Waals surface area contributed by atoms with Gasteiger partial charge in [0.2, 0.25) is 0 Å². The molecule has 0 saturated heterocycles. The molecule has 0 heterocycles. The highest BCUT2D eigenvalue weighted by molar-refractivity contribution is 7.86. The normalized spacial score (nSPS) is 12.5. The summed E-state index contributed by atoms with van der Waals surface area (Å²) in [6, 6.07) is 9.73. The monoisotopic (exact) mass is 576 g/mol. The summed E-state index contributed by atoms with van der Waals surface area (Å²) in [5.74, 6) is 0.472. The van der Waals surface area contributed by atoms with Crippen molar-refractivity contribution in [3.05, 3.63) is 41.5 Å². The average molecular weight is 577 g/mol. The van der Waals surface area contributed by atoms with E-state index in [4.69, 9.17) is 11.5 Å². The minimum Gasteiger partial charge on any atom is -0.316 e. The number of hydrogen-bond donors (Lipinski definition) is 3. The molecule has 5 N–H and O–H groups in total. The Morgan fingerprint density at radius 1 is 0.725 bits per heavy atom. The third kappa shape index (κ3) is 14.4. The molecule has 6 heteroatoms. The van der Waals surface area contributed by atoms with Gasteiger partial charge in [0.25, 0.3) is 10.1 Å². The van der Waals surface area contributed by atoms with Gasteiger partial charge in [0.15, 0.2) is 0 Å². The standard InChI is InChI=1S/C28H44O3S.C6H16N2/c1-3-5-7-9-11-13-15-19-24-23-25-20-17-18-22-27(25)28(32(29,30)31)26(24)21-16-14-12-10-8-6-4-2;1-3-4-5(2)6(7)8/h17-18,20,22-23H,3-16,19,21H2,1-2H3,(H,29,30,31);5-6H,3-4,7-8H2,1-2H3. The van der Waals surface area contributed by atoms with Gasteiger partial charge in [-0.3, -0.25) is 4.55 Å². The molecule has 2 rings (SSSR count). The smallest absolute Gasteiger partial charge is 0.295 e. The largest absolute Gasteiger partial charge is 0.316 e. The molecular formula is C34H60N2O3S. The second kappa shape index (κ2) is 21.3. The van der Waals surface area contributed by atoms with Crippen LogP contribution in [0.3, 0.4) is 0 Å². The first-order valence-electron chi connectivity index (χ1n) is 16.2. The highest BCUT2D eigenvalue weighted by Gasteiger charge is 2.22. The van der Waals surface area contributed by atoms with E-state index in [0.717, 1.165) is 55.0 Å². The highest BCUT2D eigenvalue weighted by atomic mass is 32.2. The van der Waals surface area contributed by atoms with E-state index in [-0.39, 0.29) is 11.1 Å². The van der Waals surface area contributed by atoms with Crippen molar-refractivity contribution in [1.82, 2.24) is 0 Å². The third-order valence-electron chi connectivity index (χ3n) is 7.94. The highest BCUT2D eigenvalue weighted by Crippen LogP contribution is 2.32. The molecule has 0 amide bonds. The maximum atomic E-state index is 12.5. The van der Waals surface area contributed by atoms with E-state index >= 15 is 0 Å². The fourth-order valence-corrected chi connectivity index (χ4v) is 6.39. The van der Waals surface area contributed by atoms with Gasteiger partial charge in [-0.15, -0.1) is 0 Å². The summed E-state index contributed by atoms with van der Waals surface area (Å²) in [5, 5.41) is 1.55. The van der Waals surface area contributed by atoms with Gasteiger partial charge in [0, 0.05) is 5.39 Å². The van der Waals surface area contributed by atoms with Gasteiger partial charge in [-0.25, -0.2) is 0 Å². The van der Waals surface area contributed by atoms with Crippen LogP contribution in [0.1, 0.15) is 142 Å². The molecule has 0 aliphatic rings. The van der Waals surface area contributed by atoms with Crippen LogP contribution in [-0.4, -0.2) is 19.1 Å². The van der Waals surface area contributed by atoms with Crippen molar-refractivity contribution in [1.29, 1.82) is 0 Å². The van der Waals surface area contributed by atoms with Crippen LogP contribution in [0.15, 0.2) is 35.2 Å². The number of rotatable bonds is 20. The van der Waals surface area contributed by atoms with Crippen LogP contribution in [0.5, 0.6) is 0 Å². The molecule has 2 aromatic carbocycles. The van der Waals surface area contributed by atoms with Gasteiger partial charge in [-0.2, -0.15) is 8.42 Å². The van der Waals surface area contributed by atoms with Crippen LogP contribution in [0.25, 0.3) is 10.8 Å². The second-order valence-electron chi connectivity index (χ2n) is 11.6. The van der Waals surface area contributed by atoms with Crippen molar-refractivity contribution in [2.45, 2.75) is 154 Å². The number of benzene rings is 2. The molecule has 0 fully saturated rings. The molecule has 0 spiro atoms. The maximum Gasteiger partial charge on any atom is 0.295 e. The zero-order valence-corrected chi connectivity index (χ0v) is 26.9. The van der Waals surface area contributed by atoms with Crippen LogP contribution < -0.4 is 11.5 Å². The van der Waals surface area contributed by atoms with Gasteiger partial charge < -0.3 is 11.5 Å². The Bertz CT molecular complexity index is 1040. The minimum absolute atomic E-state index is 0.130. The van der Waals surface area contributed by atoms with E-state index in [2.05, 4.69) is 33.8 Å². The Hall–Kier alpha value is -1.47. The van der Waals surface area contributed by atoms with Crippen LogP contribution in [-0.2, 0) is 23.0 Å². The van der Waals surface area contributed by atoms with Crippen molar-refractivity contribution < 1.29 is 13.0 Å². The Kier molecular flexibility index (Phi) is 19.4. The van der Waals surface area contributed by atoms with Crippen molar-refractivity contribution in [3.8, 4) is 0 Å². The van der Waals surface area contributed by atoms with Gasteiger partial charge >= 0.3 is 0 Å². The molecule has 0 aliphatic carbocycles. The van der Waals surface area contributed by atoms with E-state index in [9.17, 15) is 13.0 Å². The molecule has 230 valence electrons. The Morgan fingerprint density at radius 2 is 1.23 bits per heavy atom. The van der Waals surface area contributed by atoms with E-state index in [1.807, 2.05) is 24.3 Å². The van der Waals surface area contributed by atoms with Crippen LogP contribution >= 0.6 is 0 Å². The van der Waals surface area contributed by atoms with Crippen molar-refractivity contribution >= 4 is 20.9 Å². The molecule has 40 heavy (non-hydrogen) atoms.